The van der Waals surface area contributed by atoms with Crippen LogP contribution in [-0.2, 0) is 23.8 Å². The van der Waals surface area contributed by atoms with E-state index in [0.717, 1.165) is 69.6 Å². The van der Waals surface area contributed by atoms with Crippen LogP contribution in [0.4, 0.5) is 8.78 Å². The van der Waals surface area contributed by atoms with Gasteiger partial charge in [-0.2, -0.15) is 14.6 Å². The SMILES string of the molecule is CCC1=NN=C(C2CN3CCN(CC)CCN2CC(=O)OC([18F])OC(=O)C3)C2CCCC(COC[18F])CCC12. The number of rotatable bonds is 6. The molecule has 3 fully saturated rings. The van der Waals surface area contributed by atoms with Crippen LogP contribution in [-0.4, -0.2) is 116 Å². The van der Waals surface area contributed by atoms with E-state index in [0.29, 0.717) is 32.2 Å². The highest BCUT2D eigenvalue weighted by Crippen LogP contribution is 2.37. The van der Waals surface area contributed by atoms with Crippen molar-refractivity contribution in [3.8, 4) is 0 Å². The number of nitrogens with zero attached hydrogens (tertiary/aromatic N) is 5. The van der Waals surface area contributed by atoms with Crippen LogP contribution in [0.5, 0.6) is 0 Å². The maximum absolute atomic E-state index is 14.2. The molecular formula is C27H43F2N5O5. The Balaban J connectivity index is 1.67. The lowest BCUT2D eigenvalue weighted by atomic mass is 9.72. The Morgan fingerprint density at radius 2 is 1.72 bits per heavy atom. The van der Waals surface area contributed by atoms with Gasteiger partial charge in [0, 0.05) is 50.3 Å². The molecule has 2 bridgehead atoms. The molecule has 3 heterocycles. The summed E-state index contributed by atoms with van der Waals surface area (Å²) < 4.78 is 41.5. The van der Waals surface area contributed by atoms with E-state index in [1.165, 1.54) is 0 Å². The molecule has 0 aromatic heterocycles. The zero-order chi connectivity index (χ0) is 27.8. The highest BCUT2D eigenvalue weighted by molar-refractivity contribution is 6.00. The molecule has 7 unspecified atom stereocenters. The van der Waals surface area contributed by atoms with Gasteiger partial charge in [-0.05, 0) is 44.6 Å². The first kappa shape index (κ1) is 30.0. The summed E-state index contributed by atoms with van der Waals surface area (Å²) in [7, 11) is 0. The highest BCUT2D eigenvalue weighted by atomic mass is 18.2. The molecule has 0 spiro atoms. The molecule has 4 rings (SSSR count). The summed E-state index contributed by atoms with van der Waals surface area (Å²) in [6, 6.07) is -0.293. The molecule has 2 saturated heterocycles. The number of ether oxygens (including phenoxy) is 3. The maximum Gasteiger partial charge on any atom is 0.401 e. The van der Waals surface area contributed by atoms with Gasteiger partial charge >= 0.3 is 18.5 Å². The number of alkyl halides is 2. The number of hydrogen-bond acceptors (Lipinski definition) is 10. The van der Waals surface area contributed by atoms with Crippen LogP contribution in [0.15, 0.2) is 10.2 Å². The van der Waals surface area contributed by atoms with Crippen LogP contribution < -0.4 is 0 Å². The van der Waals surface area contributed by atoms with Crippen molar-refractivity contribution in [2.24, 2.45) is 28.0 Å². The maximum atomic E-state index is 14.2. The average Bonchev–Trinajstić information content (AvgIpc) is 2.96. The minimum absolute atomic E-state index is 0.110. The molecule has 220 valence electrons. The standard InChI is InChI=1S/C27H43F2N5O5/c1-3-22-20-9-8-19(17-37-18-28)6-5-7-21(20)26(31-30-22)23-14-33-11-10-32(4-2)12-13-34(23)16-25(36)39-27(29)38-24(35)15-33/h19-21,23,27H,3-18H2,1-2H3/i28-1,29-1. The van der Waals surface area contributed by atoms with Crippen molar-refractivity contribution >= 4 is 23.4 Å². The molecule has 0 amide bonds. The second-order valence-electron chi connectivity index (χ2n) is 10.9. The molecule has 10 nitrogen and oxygen atoms in total. The lowest BCUT2D eigenvalue weighted by Gasteiger charge is -2.41. The van der Waals surface area contributed by atoms with Gasteiger partial charge in [-0.3, -0.25) is 19.4 Å². The molecule has 1 saturated carbocycles. The van der Waals surface area contributed by atoms with Crippen LogP contribution in [0.3, 0.4) is 0 Å². The van der Waals surface area contributed by atoms with Gasteiger partial charge in [-0.15, -0.1) is 0 Å². The first-order valence-electron chi connectivity index (χ1n) is 14.4. The zero-order valence-electron chi connectivity index (χ0n) is 23.2. The molecule has 0 N–H and O–H groups in total. The van der Waals surface area contributed by atoms with Crippen LogP contribution in [0, 0.1) is 17.8 Å². The predicted octanol–water partition coefficient (Wildman–Crippen LogP) is 2.62. The molecule has 12 heteroatoms. The summed E-state index contributed by atoms with van der Waals surface area (Å²) in [6.07, 6.45) is 5.45. The number of likely N-dealkylation sites (N-methyl/N-ethyl adjacent to an activating group) is 1. The first-order valence-corrected chi connectivity index (χ1v) is 14.4. The molecule has 4 aliphatic rings. The van der Waals surface area contributed by atoms with E-state index in [9.17, 15) is 18.4 Å². The lowest BCUT2D eigenvalue weighted by Crippen LogP contribution is -2.55. The van der Waals surface area contributed by atoms with Crippen LogP contribution >= 0.6 is 0 Å². The second kappa shape index (κ2) is 14.6. The van der Waals surface area contributed by atoms with E-state index in [4.69, 9.17) is 24.4 Å². The van der Waals surface area contributed by atoms with E-state index in [1.54, 1.807) is 0 Å². The average molecular weight is 554 g/mol. The molecule has 7 atom stereocenters. The minimum atomic E-state index is -2.42. The Bertz CT molecular complexity index is 906. The van der Waals surface area contributed by atoms with E-state index in [1.807, 2.05) is 9.80 Å². The molecule has 0 aromatic carbocycles. The predicted molar refractivity (Wildman–Crippen MR) is 142 cm³/mol. The first-order chi connectivity index (χ1) is 18.9. The van der Waals surface area contributed by atoms with E-state index in [2.05, 4.69) is 18.7 Å². The number of carbonyl (C=O) groups excluding carboxylic acids is 2. The topological polar surface area (TPSA) is 96.3 Å². The second-order valence-corrected chi connectivity index (χ2v) is 10.9. The third-order valence-corrected chi connectivity index (χ3v) is 8.62. The van der Waals surface area contributed by atoms with Crippen LogP contribution in [0.2, 0.25) is 0 Å². The van der Waals surface area contributed by atoms with Crippen molar-refractivity contribution in [2.45, 2.75) is 65.0 Å². The van der Waals surface area contributed by atoms with Crippen molar-refractivity contribution in [3.05, 3.63) is 0 Å². The fourth-order valence-corrected chi connectivity index (χ4v) is 6.49. The summed E-state index contributed by atoms with van der Waals surface area (Å²) in [5.74, 6) is -0.897. The van der Waals surface area contributed by atoms with Crippen molar-refractivity contribution in [1.29, 1.82) is 0 Å². The zero-order valence-corrected chi connectivity index (χ0v) is 23.2. The van der Waals surface area contributed by atoms with Gasteiger partial charge in [0.25, 0.3) is 0 Å². The normalized spacial score (nSPS) is 35.4. The quantitative estimate of drug-likeness (QED) is 0.464. The monoisotopic (exact) mass is 553 g/mol. The summed E-state index contributed by atoms with van der Waals surface area (Å²) in [4.78, 5) is 31.5. The van der Waals surface area contributed by atoms with Gasteiger partial charge in [0.1, 0.15) is 0 Å². The van der Waals surface area contributed by atoms with E-state index < -0.39 is 25.3 Å². The molecule has 0 radical (unpaired) electrons. The number of cyclic esters (lactones) is 2. The van der Waals surface area contributed by atoms with Crippen LogP contribution in [0.25, 0.3) is 0 Å². The number of halogens is 2. The van der Waals surface area contributed by atoms with Gasteiger partial charge in [-0.25, -0.2) is 4.39 Å². The summed E-state index contributed by atoms with van der Waals surface area (Å²) >= 11 is 0. The van der Waals surface area contributed by atoms with Crippen molar-refractivity contribution < 1.29 is 32.6 Å². The van der Waals surface area contributed by atoms with E-state index >= 15 is 0 Å². The van der Waals surface area contributed by atoms with E-state index in [-0.39, 0.29) is 31.0 Å². The van der Waals surface area contributed by atoms with Crippen LogP contribution in [0.1, 0.15) is 52.4 Å². The Labute approximate surface area is 229 Å². The van der Waals surface area contributed by atoms with Gasteiger partial charge in [-0.1, -0.05) is 20.3 Å². The largest absolute Gasteiger partial charge is 0.401 e. The fourth-order valence-electron chi connectivity index (χ4n) is 6.49. The van der Waals surface area contributed by atoms with Gasteiger partial charge in [0.15, 0.2) is 6.86 Å². The Morgan fingerprint density at radius 1 is 0.949 bits per heavy atom. The molecule has 3 aliphatic heterocycles. The lowest BCUT2D eigenvalue weighted by molar-refractivity contribution is -0.219. The fraction of sp³-hybridized carbons (Fsp3) is 0.852. The summed E-state index contributed by atoms with van der Waals surface area (Å²) in [5, 5.41) is 9.50. The van der Waals surface area contributed by atoms with Gasteiger partial charge < -0.3 is 19.1 Å². The van der Waals surface area contributed by atoms with Crippen molar-refractivity contribution in [2.75, 3.05) is 65.8 Å². The van der Waals surface area contributed by atoms with Crippen molar-refractivity contribution in [1.82, 2.24) is 14.7 Å². The number of hydrogen-bond donors (Lipinski definition) is 0. The van der Waals surface area contributed by atoms with Gasteiger partial charge in [0.05, 0.1) is 31.4 Å². The minimum Gasteiger partial charge on any atom is -0.396 e. The summed E-state index contributed by atoms with van der Waals surface area (Å²) in [6.45, 7) is 5.08. The Morgan fingerprint density at radius 3 is 2.46 bits per heavy atom. The molecule has 0 aromatic rings. The number of carbonyl (C=O) groups is 2. The number of esters is 2. The highest BCUT2D eigenvalue weighted by Gasteiger charge is 2.41. The smallest absolute Gasteiger partial charge is 0.396 e. The third kappa shape index (κ3) is 8.02. The Kier molecular flexibility index (Phi) is 11.2. The summed E-state index contributed by atoms with van der Waals surface area (Å²) in [5.41, 5.74) is 1.99. The number of fused-ring (bicyclic) bond motifs is 4. The third-order valence-electron chi connectivity index (χ3n) is 8.62. The molecular weight excluding hydrogens is 510 g/mol. The molecule has 39 heavy (non-hydrogen) atoms. The Hall–Kier alpha value is -2.02. The van der Waals surface area contributed by atoms with Gasteiger partial charge in [0.2, 0.25) is 0 Å². The van der Waals surface area contributed by atoms with Crippen molar-refractivity contribution in [3.63, 3.8) is 0 Å². The molecule has 1 aliphatic carbocycles.